The molecule has 2 aliphatic carbocycles. The number of benzene rings is 1. The molecule has 0 spiro atoms. The van der Waals surface area contributed by atoms with E-state index in [0.717, 1.165) is 4.57 Å². The van der Waals surface area contributed by atoms with Crippen LogP contribution >= 0.6 is 0 Å². The van der Waals surface area contributed by atoms with Crippen LogP contribution in [-0.2, 0) is 11.8 Å². The summed E-state index contributed by atoms with van der Waals surface area (Å²) >= 11 is 0. The number of hydrogen-bond donors (Lipinski definition) is 2. The molecule has 0 unspecified atom stereocenters. The number of nitrogens with one attached hydrogen (secondary N) is 2. The van der Waals surface area contributed by atoms with E-state index in [-0.39, 0.29) is 34.8 Å². The number of halogens is 1. The minimum absolute atomic E-state index is 0.0277. The number of rotatable bonds is 5. The molecule has 0 atom stereocenters. The zero-order chi connectivity index (χ0) is 30.4. The largest absolute Gasteiger partial charge is 0.444 e. The molecule has 1 amide bonds. The van der Waals surface area contributed by atoms with Gasteiger partial charge in [0.25, 0.3) is 11.1 Å². The number of carbonyl (C=O) groups is 1. The van der Waals surface area contributed by atoms with Crippen molar-refractivity contribution < 1.29 is 13.9 Å². The summed E-state index contributed by atoms with van der Waals surface area (Å²) in [5.41, 5.74) is -0.867. The number of fused-ring (bicyclic) bond motifs is 1. The summed E-state index contributed by atoms with van der Waals surface area (Å²) in [5.74, 6) is -0.628. The summed E-state index contributed by atoms with van der Waals surface area (Å²) in [6, 6.07) is 3.95. The van der Waals surface area contributed by atoms with E-state index in [4.69, 9.17) is 4.74 Å². The lowest BCUT2D eigenvalue weighted by Gasteiger charge is -2.37. The van der Waals surface area contributed by atoms with E-state index in [2.05, 4.69) is 10.6 Å². The summed E-state index contributed by atoms with van der Waals surface area (Å²) < 4.78 is 24.1. The highest BCUT2D eigenvalue weighted by Crippen LogP contribution is 2.34. The topological polar surface area (TPSA) is 116 Å². The second kappa shape index (κ2) is 11.2. The van der Waals surface area contributed by atoms with Crippen LogP contribution in [0, 0.1) is 19.7 Å². The van der Waals surface area contributed by atoms with Crippen LogP contribution in [0.3, 0.4) is 0 Å². The van der Waals surface area contributed by atoms with Gasteiger partial charge in [0.1, 0.15) is 22.5 Å². The Bertz CT molecular complexity index is 1670. The number of ether oxygens (including phenoxy) is 1. The summed E-state index contributed by atoms with van der Waals surface area (Å²) in [7, 11) is 1.48. The van der Waals surface area contributed by atoms with Crippen molar-refractivity contribution in [3.63, 3.8) is 0 Å². The van der Waals surface area contributed by atoms with Crippen LogP contribution < -0.4 is 27.4 Å². The zero-order valence-electron chi connectivity index (χ0n) is 25.1. The van der Waals surface area contributed by atoms with Crippen molar-refractivity contribution in [1.29, 1.82) is 0 Å². The van der Waals surface area contributed by atoms with Crippen molar-refractivity contribution in [2.24, 2.45) is 7.05 Å². The minimum Gasteiger partial charge on any atom is -0.444 e. The van der Waals surface area contributed by atoms with Gasteiger partial charge in [-0.1, -0.05) is 19.9 Å². The molecule has 2 aromatic heterocycles. The lowest BCUT2D eigenvalue weighted by molar-refractivity contribution is 0.0475. The Kier molecular flexibility index (Phi) is 8.20. The number of carbonyl (C=O) groups excluding carboxylic acids is 1. The van der Waals surface area contributed by atoms with Crippen molar-refractivity contribution in [2.45, 2.75) is 97.9 Å². The Morgan fingerprint density at radius 2 is 1.66 bits per heavy atom. The van der Waals surface area contributed by atoms with Crippen LogP contribution in [-0.4, -0.2) is 37.5 Å². The minimum atomic E-state index is -0.673. The Balaban J connectivity index is 0.00000189. The lowest BCUT2D eigenvalue weighted by Crippen LogP contribution is -2.51. The smallest absolute Gasteiger partial charge is 0.407 e. The Morgan fingerprint density at radius 1 is 1.02 bits per heavy atom. The average Bonchev–Trinajstić information content (AvgIpc) is 3.69. The third-order valence-corrected chi connectivity index (χ3v) is 7.30. The van der Waals surface area contributed by atoms with Gasteiger partial charge in [0.05, 0.1) is 11.4 Å². The highest BCUT2D eigenvalue weighted by Gasteiger charge is 2.35. The monoisotopic (exact) mass is 569 g/mol. The highest BCUT2D eigenvalue weighted by molar-refractivity contribution is 5.91. The Morgan fingerprint density at radius 3 is 2.22 bits per heavy atom. The van der Waals surface area contributed by atoms with Crippen LogP contribution in [0.5, 0.6) is 0 Å². The van der Waals surface area contributed by atoms with Crippen LogP contribution in [0.15, 0.2) is 32.6 Å². The van der Waals surface area contributed by atoms with E-state index in [1.807, 2.05) is 13.8 Å². The first kappa shape index (κ1) is 30.1. The maximum atomic E-state index is 15.2. The van der Waals surface area contributed by atoms with Gasteiger partial charge < -0.3 is 15.4 Å². The molecule has 0 radical (unpaired) electrons. The van der Waals surface area contributed by atoms with E-state index < -0.39 is 34.3 Å². The standard InChI is InChI=1S/C28H34FN5O5.C2H6/c1-14-7-10-20(19(29)11-14)34-23-21(25(36)33(27(34)38)18-8-9-18)22(15(2)24(35)32(23)6)30-16-12-17(13-16)31-26(37)39-28(3,4)5;1-2/h7,10-11,16-18,30H,8-9,12-13H2,1-6H3,(H,31,37);1-2H3. The number of hydrogen-bond acceptors (Lipinski definition) is 6. The molecule has 0 saturated heterocycles. The maximum absolute atomic E-state index is 15.2. The molecule has 222 valence electrons. The molecule has 0 bridgehead atoms. The van der Waals surface area contributed by atoms with Crippen LogP contribution in [0.2, 0.25) is 0 Å². The second-order valence-electron chi connectivity index (χ2n) is 11.7. The van der Waals surface area contributed by atoms with E-state index in [1.165, 1.54) is 28.3 Å². The molecule has 11 heteroatoms. The molecular weight excluding hydrogens is 529 g/mol. The molecule has 2 N–H and O–H groups in total. The number of amides is 1. The summed E-state index contributed by atoms with van der Waals surface area (Å²) in [4.78, 5) is 53.0. The third-order valence-electron chi connectivity index (χ3n) is 7.30. The summed E-state index contributed by atoms with van der Waals surface area (Å²) in [5, 5.41) is 6.32. The predicted octanol–water partition coefficient (Wildman–Crippen LogP) is 4.44. The molecule has 0 aliphatic heterocycles. The molecule has 10 nitrogen and oxygen atoms in total. The fourth-order valence-corrected chi connectivity index (χ4v) is 5.17. The van der Waals surface area contributed by atoms with Crippen molar-refractivity contribution in [3.8, 4) is 5.69 Å². The molecule has 2 aliphatic rings. The molecule has 41 heavy (non-hydrogen) atoms. The molecule has 2 heterocycles. The number of pyridine rings is 1. The van der Waals surface area contributed by atoms with Crippen LogP contribution in [0.4, 0.5) is 14.9 Å². The van der Waals surface area contributed by atoms with Gasteiger partial charge in [0.15, 0.2) is 0 Å². The summed E-state index contributed by atoms with van der Waals surface area (Å²) in [6.07, 6.45) is 1.95. The first-order valence-corrected chi connectivity index (χ1v) is 14.2. The molecule has 3 aromatic rings. The SMILES string of the molecule is CC.Cc1ccc(-n2c(=O)n(C3CC3)c(=O)c3c(NC4CC(NC(=O)OC(C)(C)C)C4)c(C)c(=O)n(C)c32)c(F)c1. The number of aromatic nitrogens is 3. The van der Waals surface area contributed by atoms with Gasteiger partial charge in [0.2, 0.25) is 0 Å². The predicted molar refractivity (Wildman–Crippen MR) is 158 cm³/mol. The van der Waals surface area contributed by atoms with Gasteiger partial charge in [-0.25, -0.2) is 18.5 Å². The van der Waals surface area contributed by atoms with Crippen LogP contribution in [0.1, 0.15) is 77.5 Å². The number of anilines is 1. The fraction of sp³-hybridized carbons (Fsp3) is 0.533. The molecule has 2 fully saturated rings. The maximum Gasteiger partial charge on any atom is 0.407 e. The first-order chi connectivity index (χ1) is 19.3. The lowest BCUT2D eigenvalue weighted by atomic mass is 9.86. The Hall–Kier alpha value is -3.89. The van der Waals surface area contributed by atoms with E-state index in [1.54, 1.807) is 40.7 Å². The van der Waals surface area contributed by atoms with Gasteiger partial charge in [-0.2, -0.15) is 0 Å². The van der Waals surface area contributed by atoms with Crippen molar-refractivity contribution in [3.05, 3.63) is 66.3 Å². The molecule has 1 aromatic carbocycles. The zero-order valence-corrected chi connectivity index (χ0v) is 25.1. The van der Waals surface area contributed by atoms with Gasteiger partial charge in [-0.05, 0) is 78.0 Å². The molecule has 2 saturated carbocycles. The van der Waals surface area contributed by atoms with Gasteiger partial charge in [-0.15, -0.1) is 0 Å². The van der Waals surface area contributed by atoms with E-state index >= 15 is 4.39 Å². The van der Waals surface area contributed by atoms with E-state index in [9.17, 15) is 19.2 Å². The average molecular weight is 570 g/mol. The molecular formula is C30H40FN5O5. The highest BCUT2D eigenvalue weighted by atomic mass is 19.1. The van der Waals surface area contributed by atoms with Gasteiger partial charge >= 0.3 is 11.8 Å². The number of alkyl carbamates (subject to hydrolysis) is 1. The van der Waals surface area contributed by atoms with Crippen molar-refractivity contribution in [1.82, 2.24) is 19.0 Å². The normalized spacial score (nSPS) is 18.3. The van der Waals surface area contributed by atoms with Gasteiger partial charge in [0, 0.05) is 30.7 Å². The van der Waals surface area contributed by atoms with E-state index in [0.29, 0.717) is 42.5 Å². The number of aryl methyl sites for hydroxylation is 2. The Labute approximate surface area is 238 Å². The fourth-order valence-electron chi connectivity index (χ4n) is 5.17. The van der Waals surface area contributed by atoms with Crippen LogP contribution in [0.25, 0.3) is 16.7 Å². The number of nitrogens with zero attached hydrogens (tertiary/aromatic N) is 3. The van der Waals surface area contributed by atoms with Gasteiger partial charge in [-0.3, -0.25) is 18.7 Å². The van der Waals surface area contributed by atoms with Crippen molar-refractivity contribution >= 4 is 22.8 Å². The molecule has 5 rings (SSSR count). The quantitative estimate of drug-likeness (QED) is 0.470. The first-order valence-electron chi connectivity index (χ1n) is 14.2. The third kappa shape index (κ3) is 5.80. The summed E-state index contributed by atoms with van der Waals surface area (Å²) in [6.45, 7) is 12.7. The second-order valence-corrected chi connectivity index (χ2v) is 11.7. The van der Waals surface area contributed by atoms with Crippen molar-refractivity contribution in [2.75, 3.05) is 5.32 Å².